The number of nitrogens with one attached hydrogen (secondary N) is 1. The van der Waals surface area contributed by atoms with Crippen LogP contribution in [0.2, 0.25) is 0 Å². The highest BCUT2D eigenvalue weighted by Gasteiger charge is 2.13. The summed E-state index contributed by atoms with van der Waals surface area (Å²) in [7, 11) is 0. The van der Waals surface area contributed by atoms with Crippen molar-refractivity contribution in [2.75, 3.05) is 5.32 Å². The van der Waals surface area contributed by atoms with Gasteiger partial charge in [-0.15, -0.1) is 13.2 Å². The van der Waals surface area contributed by atoms with Crippen LogP contribution in [-0.4, -0.2) is 0 Å². The molecule has 1 N–H and O–H groups in total. The monoisotopic (exact) mass is 567 g/mol. The first kappa shape index (κ1) is 34.6. The highest BCUT2D eigenvalue weighted by Crippen LogP contribution is 2.37. The number of fused-ring (bicyclic) bond motifs is 3. The van der Waals surface area contributed by atoms with E-state index in [2.05, 4.69) is 180 Å². The Kier molecular flexibility index (Phi) is 15.7. The summed E-state index contributed by atoms with van der Waals surface area (Å²) < 4.78 is 0. The van der Waals surface area contributed by atoms with Gasteiger partial charge in [0.05, 0.1) is 0 Å². The van der Waals surface area contributed by atoms with E-state index < -0.39 is 0 Å². The number of benzene rings is 3. The van der Waals surface area contributed by atoms with Gasteiger partial charge in [0.15, 0.2) is 0 Å². The van der Waals surface area contributed by atoms with Gasteiger partial charge < -0.3 is 5.32 Å². The minimum absolute atomic E-state index is 1.00. The number of rotatable bonds is 3. The van der Waals surface area contributed by atoms with Crippen LogP contribution < -0.4 is 5.32 Å². The Morgan fingerprint density at radius 1 is 0.721 bits per heavy atom. The molecule has 0 bridgehead atoms. The summed E-state index contributed by atoms with van der Waals surface area (Å²) in [5.74, 6) is 0. The molecular formula is C42H49N. The molecule has 4 rings (SSSR count). The lowest BCUT2D eigenvalue weighted by Crippen LogP contribution is -1.96. The molecule has 0 spiro atoms. The number of anilines is 1. The quantitative estimate of drug-likeness (QED) is 0.245. The van der Waals surface area contributed by atoms with Crippen molar-refractivity contribution in [2.45, 2.75) is 54.4 Å². The Morgan fingerprint density at radius 2 is 1.40 bits per heavy atom. The fourth-order valence-electron chi connectivity index (χ4n) is 4.91. The van der Waals surface area contributed by atoms with Crippen molar-refractivity contribution in [3.8, 4) is 22.3 Å². The highest BCUT2D eigenvalue weighted by atomic mass is 14.8. The normalized spacial score (nSPS) is 17.5. The van der Waals surface area contributed by atoms with Crippen LogP contribution in [0, 0.1) is 13.8 Å². The van der Waals surface area contributed by atoms with Gasteiger partial charge in [-0.1, -0.05) is 123 Å². The maximum absolute atomic E-state index is 3.59. The van der Waals surface area contributed by atoms with Gasteiger partial charge in [0.25, 0.3) is 0 Å². The SMILES string of the molecule is C=C.CC.C\C=C/C(=C\C)C1=C/C=C\CC/C=C/C=C/c2cc(-c3ccccc3C)c(C)cc2-c2ccccc2N\C=C\1. The highest BCUT2D eigenvalue weighted by molar-refractivity contribution is 5.88. The third kappa shape index (κ3) is 10.0. The number of allylic oxidation sites excluding steroid dienone is 12. The van der Waals surface area contributed by atoms with E-state index in [1.165, 1.54) is 44.5 Å². The topological polar surface area (TPSA) is 12.0 Å². The summed E-state index contributed by atoms with van der Waals surface area (Å²) >= 11 is 0. The zero-order valence-electron chi connectivity index (χ0n) is 27.0. The molecule has 0 fully saturated rings. The van der Waals surface area contributed by atoms with Crippen molar-refractivity contribution < 1.29 is 0 Å². The van der Waals surface area contributed by atoms with Gasteiger partial charge in [-0.05, 0) is 103 Å². The molecule has 0 amide bonds. The van der Waals surface area contributed by atoms with Gasteiger partial charge >= 0.3 is 0 Å². The van der Waals surface area contributed by atoms with Crippen molar-refractivity contribution in [2.24, 2.45) is 0 Å². The summed E-state index contributed by atoms with van der Waals surface area (Å²) in [5, 5.41) is 3.59. The second-order valence-electron chi connectivity index (χ2n) is 9.75. The van der Waals surface area contributed by atoms with E-state index in [1.54, 1.807) is 0 Å². The summed E-state index contributed by atoms with van der Waals surface area (Å²) in [6.45, 7) is 18.5. The first-order valence-corrected chi connectivity index (χ1v) is 15.3. The van der Waals surface area contributed by atoms with E-state index in [1.807, 2.05) is 13.8 Å². The molecule has 0 aromatic heterocycles. The maximum Gasteiger partial charge on any atom is 0.0459 e. The lowest BCUT2D eigenvalue weighted by atomic mass is 9.89. The fraction of sp³-hybridized carbons (Fsp3) is 0.190. The largest absolute Gasteiger partial charge is 0.361 e. The van der Waals surface area contributed by atoms with Gasteiger partial charge in [-0.2, -0.15) is 0 Å². The van der Waals surface area contributed by atoms with E-state index in [9.17, 15) is 0 Å². The fourth-order valence-corrected chi connectivity index (χ4v) is 4.91. The van der Waals surface area contributed by atoms with Crippen LogP contribution in [0.15, 0.2) is 152 Å². The molecule has 0 aliphatic carbocycles. The standard InChI is InChI=1S/C38H39N.C2H6.C2H4/c1-5-18-31(6-2)32-20-12-10-8-7-9-11-13-21-33-28-36(34-22-15-14-19-29(34)3)30(4)27-37(33)35-23-16-17-24-38(35)39-26-25-32;2*1-2/h5-6,9-28,39H,7-8H2,1-4H3;1-2H3;1-2H2/b11-9+,12-10-,18-5-,21-13+,26-25+,31-6+,32-20+;;. The van der Waals surface area contributed by atoms with E-state index >= 15 is 0 Å². The molecule has 43 heavy (non-hydrogen) atoms. The summed E-state index contributed by atoms with van der Waals surface area (Å²) in [4.78, 5) is 0. The van der Waals surface area contributed by atoms with Crippen molar-refractivity contribution >= 4 is 11.8 Å². The minimum atomic E-state index is 1.00. The van der Waals surface area contributed by atoms with E-state index in [-0.39, 0.29) is 0 Å². The molecule has 222 valence electrons. The summed E-state index contributed by atoms with van der Waals surface area (Å²) in [6.07, 6.45) is 28.0. The molecule has 1 aliphatic rings. The van der Waals surface area contributed by atoms with Crippen LogP contribution in [0.25, 0.3) is 28.3 Å². The van der Waals surface area contributed by atoms with Crippen LogP contribution in [0.1, 0.15) is 57.2 Å². The number of hydrogen-bond donors (Lipinski definition) is 1. The second-order valence-corrected chi connectivity index (χ2v) is 9.75. The zero-order chi connectivity index (χ0) is 31.5. The average molecular weight is 568 g/mol. The van der Waals surface area contributed by atoms with Crippen molar-refractivity contribution in [1.82, 2.24) is 0 Å². The molecule has 1 nitrogen and oxygen atoms in total. The predicted octanol–water partition coefficient (Wildman–Crippen LogP) is 12.8. The molecule has 0 unspecified atom stereocenters. The zero-order valence-corrected chi connectivity index (χ0v) is 27.0. The third-order valence-electron chi connectivity index (χ3n) is 6.98. The molecule has 1 aliphatic heterocycles. The first-order valence-electron chi connectivity index (χ1n) is 15.3. The molecular weight excluding hydrogens is 518 g/mol. The second kappa shape index (κ2) is 19.5. The van der Waals surface area contributed by atoms with E-state index in [0.29, 0.717) is 0 Å². The summed E-state index contributed by atoms with van der Waals surface area (Å²) in [6, 6.07) is 21.9. The Hall–Kier alpha value is -4.62. The lowest BCUT2D eigenvalue weighted by Gasteiger charge is -2.17. The van der Waals surface area contributed by atoms with Gasteiger partial charge in [0, 0.05) is 17.5 Å². The van der Waals surface area contributed by atoms with Gasteiger partial charge in [-0.25, -0.2) is 0 Å². The van der Waals surface area contributed by atoms with Crippen molar-refractivity contribution in [3.63, 3.8) is 0 Å². The molecule has 1 heterocycles. The molecule has 0 saturated carbocycles. The third-order valence-corrected chi connectivity index (χ3v) is 6.98. The minimum Gasteiger partial charge on any atom is -0.361 e. The molecule has 0 saturated heterocycles. The van der Waals surface area contributed by atoms with Crippen molar-refractivity contribution in [1.29, 1.82) is 0 Å². The molecule has 1 heteroatoms. The Morgan fingerprint density at radius 3 is 2.09 bits per heavy atom. The predicted molar refractivity (Wildman–Crippen MR) is 195 cm³/mol. The molecule has 3 aromatic rings. The van der Waals surface area contributed by atoms with Crippen LogP contribution in [0.5, 0.6) is 0 Å². The Bertz CT molecular complexity index is 1520. The van der Waals surface area contributed by atoms with E-state index in [4.69, 9.17) is 0 Å². The Labute approximate surface area is 261 Å². The maximum atomic E-state index is 3.59. The van der Waals surface area contributed by atoms with Gasteiger partial charge in [0.1, 0.15) is 0 Å². The molecule has 0 atom stereocenters. The van der Waals surface area contributed by atoms with Crippen LogP contribution in [-0.2, 0) is 0 Å². The summed E-state index contributed by atoms with van der Waals surface area (Å²) in [5.41, 5.74) is 12.2. The smallest absolute Gasteiger partial charge is 0.0459 e. The van der Waals surface area contributed by atoms with Crippen LogP contribution in [0.3, 0.4) is 0 Å². The van der Waals surface area contributed by atoms with E-state index in [0.717, 1.165) is 24.1 Å². The van der Waals surface area contributed by atoms with Gasteiger partial charge in [-0.3, -0.25) is 0 Å². The molecule has 3 aromatic carbocycles. The average Bonchev–Trinajstić information content (AvgIpc) is 3.05. The molecule has 0 radical (unpaired) electrons. The van der Waals surface area contributed by atoms with Crippen LogP contribution in [0.4, 0.5) is 5.69 Å². The Balaban J connectivity index is 0.00000155. The van der Waals surface area contributed by atoms with Crippen LogP contribution >= 0.6 is 0 Å². The lowest BCUT2D eigenvalue weighted by molar-refractivity contribution is 1.05. The number of hydrogen-bond acceptors (Lipinski definition) is 1. The van der Waals surface area contributed by atoms with Gasteiger partial charge in [0.2, 0.25) is 0 Å². The van der Waals surface area contributed by atoms with Crippen molar-refractivity contribution in [3.05, 3.63) is 169 Å². The number of aryl methyl sites for hydroxylation is 2. The first-order chi connectivity index (χ1) is 21.1. The number of para-hydroxylation sites is 1.